The number of aryl methyl sites for hydroxylation is 1. The van der Waals surface area contributed by atoms with Crippen molar-refractivity contribution in [2.24, 2.45) is 0 Å². The molecule has 0 fully saturated rings. The summed E-state index contributed by atoms with van der Waals surface area (Å²) in [5, 5.41) is 9.07. The van der Waals surface area contributed by atoms with Crippen molar-refractivity contribution in [3.05, 3.63) is 58.1 Å². The van der Waals surface area contributed by atoms with Gasteiger partial charge in [0.15, 0.2) is 11.6 Å². The Balaban J connectivity index is 2.65. The fourth-order valence-corrected chi connectivity index (χ4v) is 1.97. The van der Waals surface area contributed by atoms with Crippen LogP contribution in [0.2, 0.25) is 5.02 Å². The molecule has 0 amide bonds. The molecule has 2 rings (SSSR count). The molecule has 0 bridgehead atoms. The molecule has 0 unspecified atom stereocenters. The zero-order chi connectivity index (χ0) is 14.2. The van der Waals surface area contributed by atoms with Gasteiger partial charge in [0.05, 0.1) is 5.56 Å². The number of hydrogen-bond donors (Lipinski definition) is 1. The van der Waals surface area contributed by atoms with Crippen molar-refractivity contribution in [2.75, 3.05) is 0 Å². The van der Waals surface area contributed by atoms with Crippen LogP contribution >= 0.6 is 11.6 Å². The first-order chi connectivity index (χ1) is 8.90. The minimum absolute atomic E-state index is 0.0203. The Morgan fingerprint density at radius 2 is 1.84 bits per heavy atom. The number of benzene rings is 2. The number of rotatable bonds is 2. The Kier molecular flexibility index (Phi) is 3.53. The molecule has 0 saturated carbocycles. The maximum Gasteiger partial charge on any atom is 0.335 e. The van der Waals surface area contributed by atoms with Crippen LogP contribution in [0.25, 0.3) is 11.1 Å². The van der Waals surface area contributed by atoms with Gasteiger partial charge in [-0.05, 0) is 36.2 Å². The highest BCUT2D eigenvalue weighted by molar-refractivity contribution is 6.31. The first-order valence-corrected chi connectivity index (χ1v) is 5.77. The van der Waals surface area contributed by atoms with E-state index in [1.54, 1.807) is 0 Å². The average molecular weight is 283 g/mol. The van der Waals surface area contributed by atoms with E-state index in [2.05, 4.69) is 0 Å². The average Bonchev–Trinajstić information content (AvgIpc) is 2.35. The first-order valence-electron chi connectivity index (χ1n) is 5.39. The van der Waals surface area contributed by atoms with E-state index in [-0.39, 0.29) is 27.3 Å². The summed E-state index contributed by atoms with van der Waals surface area (Å²) < 4.78 is 27.4. The minimum atomic E-state index is -1.18. The maximum atomic E-state index is 13.8. The van der Waals surface area contributed by atoms with Crippen molar-refractivity contribution in [3.63, 3.8) is 0 Å². The lowest BCUT2D eigenvalue weighted by molar-refractivity contribution is 0.0697. The van der Waals surface area contributed by atoms with Gasteiger partial charge < -0.3 is 5.11 Å². The van der Waals surface area contributed by atoms with E-state index in [1.807, 2.05) is 0 Å². The summed E-state index contributed by atoms with van der Waals surface area (Å²) in [6.45, 7) is 1.45. The van der Waals surface area contributed by atoms with Crippen LogP contribution in [0.5, 0.6) is 0 Å². The molecular weight excluding hydrogens is 274 g/mol. The number of carboxylic acids is 1. The second-order valence-electron chi connectivity index (χ2n) is 4.09. The molecule has 2 nitrogen and oxygen atoms in total. The molecule has 0 heterocycles. The van der Waals surface area contributed by atoms with E-state index in [9.17, 15) is 13.6 Å². The number of hydrogen-bond acceptors (Lipinski definition) is 1. The molecule has 5 heteroatoms. The Morgan fingerprint density at radius 1 is 1.16 bits per heavy atom. The predicted octanol–water partition coefficient (Wildman–Crippen LogP) is 4.29. The fraction of sp³-hybridized carbons (Fsp3) is 0.0714. The molecule has 0 aliphatic heterocycles. The predicted molar refractivity (Wildman–Crippen MR) is 68.5 cm³/mol. The monoisotopic (exact) mass is 282 g/mol. The van der Waals surface area contributed by atoms with E-state index in [4.69, 9.17) is 16.7 Å². The topological polar surface area (TPSA) is 37.3 Å². The van der Waals surface area contributed by atoms with Gasteiger partial charge >= 0.3 is 5.97 Å². The summed E-state index contributed by atoms with van der Waals surface area (Å²) in [4.78, 5) is 10.9. The summed E-state index contributed by atoms with van der Waals surface area (Å²) in [7, 11) is 0. The second kappa shape index (κ2) is 4.97. The molecule has 0 radical (unpaired) electrons. The second-order valence-corrected chi connectivity index (χ2v) is 4.53. The van der Waals surface area contributed by atoms with E-state index in [1.165, 1.54) is 37.3 Å². The van der Waals surface area contributed by atoms with Crippen molar-refractivity contribution in [1.29, 1.82) is 0 Å². The quantitative estimate of drug-likeness (QED) is 0.892. The maximum absolute atomic E-state index is 13.8. The lowest BCUT2D eigenvalue weighted by atomic mass is 10.0. The summed E-state index contributed by atoms with van der Waals surface area (Å²) >= 11 is 5.79. The standard InChI is InChI=1S/C14H9ClF2O2/c1-7-2-3-11(13(17)12(7)16)8-4-9(14(18)19)6-10(15)5-8/h2-6H,1H3,(H,18,19). The molecule has 2 aromatic carbocycles. The molecule has 0 aliphatic carbocycles. The van der Waals surface area contributed by atoms with E-state index in [0.29, 0.717) is 0 Å². The van der Waals surface area contributed by atoms with Gasteiger partial charge in [0.1, 0.15) is 0 Å². The van der Waals surface area contributed by atoms with Gasteiger partial charge in [0.25, 0.3) is 0 Å². The lowest BCUT2D eigenvalue weighted by Crippen LogP contribution is -1.98. The highest BCUT2D eigenvalue weighted by Gasteiger charge is 2.15. The highest BCUT2D eigenvalue weighted by Crippen LogP contribution is 2.29. The Morgan fingerprint density at radius 3 is 2.47 bits per heavy atom. The van der Waals surface area contributed by atoms with Gasteiger partial charge in [-0.2, -0.15) is 0 Å². The van der Waals surface area contributed by atoms with E-state index in [0.717, 1.165) is 0 Å². The minimum Gasteiger partial charge on any atom is -0.478 e. The number of halogens is 3. The smallest absolute Gasteiger partial charge is 0.335 e. The van der Waals surface area contributed by atoms with Crippen molar-refractivity contribution in [1.82, 2.24) is 0 Å². The number of aromatic carboxylic acids is 1. The van der Waals surface area contributed by atoms with Gasteiger partial charge in [-0.3, -0.25) is 0 Å². The van der Waals surface area contributed by atoms with Crippen LogP contribution in [-0.2, 0) is 0 Å². The normalized spacial score (nSPS) is 10.5. The van der Waals surface area contributed by atoms with Crippen LogP contribution in [0, 0.1) is 18.6 Å². The van der Waals surface area contributed by atoms with Crippen LogP contribution in [-0.4, -0.2) is 11.1 Å². The van der Waals surface area contributed by atoms with Crippen LogP contribution in [0.15, 0.2) is 30.3 Å². The first kappa shape index (κ1) is 13.5. The fourth-order valence-electron chi connectivity index (χ4n) is 1.74. The highest BCUT2D eigenvalue weighted by atomic mass is 35.5. The summed E-state index contributed by atoms with van der Waals surface area (Å²) in [5.74, 6) is -3.15. The van der Waals surface area contributed by atoms with Crippen molar-refractivity contribution >= 4 is 17.6 Å². The Labute approximate surface area is 113 Å². The third-order valence-corrected chi connectivity index (χ3v) is 2.95. The molecule has 19 heavy (non-hydrogen) atoms. The van der Waals surface area contributed by atoms with Crippen LogP contribution in [0.4, 0.5) is 8.78 Å². The van der Waals surface area contributed by atoms with Crippen molar-refractivity contribution < 1.29 is 18.7 Å². The van der Waals surface area contributed by atoms with Gasteiger partial charge in [0, 0.05) is 10.6 Å². The molecular formula is C14H9ClF2O2. The Bertz CT molecular complexity index is 669. The summed E-state index contributed by atoms with van der Waals surface area (Å²) in [6, 6.07) is 6.71. The summed E-state index contributed by atoms with van der Waals surface area (Å²) in [5.41, 5.74) is 0.305. The van der Waals surface area contributed by atoms with Gasteiger partial charge in [0.2, 0.25) is 0 Å². The van der Waals surface area contributed by atoms with E-state index < -0.39 is 17.6 Å². The number of carboxylic acid groups (broad SMARTS) is 1. The molecule has 0 atom stereocenters. The SMILES string of the molecule is Cc1ccc(-c2cc(Cl)cc(C(=O)O)c2)c(F)c1F. The molecule has 2 aromatic rings. The zero-order valence-corrected chi connectivity index (χ0v) is 10.6. The molecule has 0 aliphatic rings. The van der Waals surface area contributed by atoms with Crippen molar-refractivity contribution in [3.8, 4) is 11.1 Å². The van der Waals surface area contributed by atoms with Gasteiger partial charge in [-0.25, -0.2) is 13.6 Å². The molecule has 1 N–H and O–H groups in total. The van der Waals surface area contributed by atoms with Crippen LogP contribution < -0.4 is 0 Å². The van der Waals surface area contributed by atoms with Crippen LogP contribution in [0.3, 0.4) is 0 Å². The van der Waals surface area contributed by atoms with Crippen LogP contribution in [0.1, 0.15) is 15.9 Å². The molecule has 0 spiro atoms. The van der Waals surface area contributed by atoms with E-state index >= 15 is 0 Å². The number of carbonyl (C=O) groups is 1. The summed E-state index contributed by atoms with van der Waals surface area (Å²) in [6.07, 6.45) is 0. The molecule has 0 saturated heterocycles. The molecule has 98 valence electrons. The molecule has 0 aromatic heterocycles. The third-order valence-electron chi connectivity index (χ3n) is 2.73. The third kappa shape index (κ3) is 2.58. The lowest BCUT2D eigenvalue weighted by Gasteiger charge is -2.08. The van der Waals surface area contributed by atoms with Gasteiger partial charge in [-0.15, -0.1) is 0 Å². The van der Waals surface area contributed by atoms with Gasteiger partial charge in [-0.1, -0.05) is 23.7 Å². The Hall–Kier alpha value is -1.94. The largest absolute Gasteiger partial charge is 0.478 e. The van der Waals surface area contributed by atoms with Crippen molar-refractivity contribution in [2.45, 2.75) is 6.92 Å². The zero-order valence-electron chi connectivity index (χ0n) is 9.88.